The molecule has 4 heterocycles. The van der Waals surface area contributed by atoms with Crippen LogP contribution in [0.25, 0.3) is 6.08 Å². The normalized spacial score (nSPS) is 15.9. The van der Waals surface area contributed by atoms with Crippen molar-refractivity contribution >= 4 is 70.8 Å². The molecule has 4 amide bonds. The van der Waals surface area contributed by atoms with Gasteiger partial charge in [-0.3, -0.25) is 38.8 Å². The highest BCUT2D eigenvalue weighted by Crippen LogP contribution is 2.50. The quantitative estimate of drug-likeness (QED) is 0.0475. The average Bonchev–Trinajstić information content (AvgIpc) is 4.16. The second kappa shape index (κ2) is 25.2. The summed E-state index contributed by atoms with van der Waals surface area (Å²) in [5.41, 5.74) is 11.1. The molecule has 20 heteroatoms. The van der Waals surface area contributed by atoms with E-state index in [0.29, 0.717) is 92.8 Å². The van der Waals surface area contributed by atoms with Crippen LogP contribution in [0.1, 0.15) is 86.2 Å². The van der Waals surface area contributed by atoms with E-state index in [9.17, 15) is 43.5 Å². The number of carbonyl (C=O) groups excluding carboxylic acids is 8. The highest BCUT2D eigenvalue weighted by molar-refractivity contribution is 6.13. The first-order chi connectivity index (χ1) is 35.2. The van der Waals surface area contributed by atoms with Crippen molar-refractivity contribution in [3.05, 3.63) is 106 Å². The Morgan fingerprint density at radius 3 is 2.38 bits per heavy atom. The van der Waals surface area contributed by atoms with Crippen LogP contribution in [0, 0.1) is 0 Å². The number of esters is 4. The third kappa shape index (κ3) is 14.5. The second-order valence-electron chi connectivity index (χ2n) is 18.3. The van der Waals surface area contributed by atoms with Gasteiger partial charge >= 0.3 is 23.9 Å². The molecule has 4 N–H and O–H groups in total. The zero-order chi connectivity index (χ0) is 51.9. The number of amidine groups is 1. The molecule has 3 aromatic rings. The molecule has 20 nitrogen and oxygen atoms in total. The number of aliphatic hydroxyl groups is 1. The van der Waals surface area contributed by atoms with Crippen LogP contribution >= 0.6 is 0 Å². The number of hydrogen-bond acceptors (Lipinski definition) is 17. The number of nitrogens with zero attached hydrogens (tertiary/aromatic N) is 5. The van der Waals surface area contributed by atoms with E-state index in [1.165, 1.54) is 12.2 Å². The standard InChI is InChI=1S/C53H61N7O13/c1-2-19-59(22-24-61)50(67)37-27-36-12-13-39(30-42(36)57-44(54)29-37)53(17-18-53)52(69)56-40-28-38-32-58(21-16-41(38)55-31-40)23-25-70-51(68)43(26-35-9-5-3-6-10-35)73-49(66)34-72-48(65)33-71-47(64)11-7-4-8-20-60-45(62)14-15-46(60)63/h3,5-6,9-10,12-15,27-28,30-31,43,61H,2,4,7-8,11,16-26,29,32-34H2,1H3,(H2,54,57)(H,56,69). The fraction of sp³-hybridized carbons (Fsp3) is 0.434. The molecule has 7 rings (SSSR count). The van der Waals surface area contributed by atoms with Crippen LogP contribution in [0.3, 0.4) is 0 Å². The van der Waals surface area contributed by atoms with Gasteiger partial charge in [0.15, 0.2) is 13.2 Å². The fourth-order valence-electron chi connectivity index (χ4n) is 8.82. The lowest BCUT2D eigenvalue weighted by Crippen LogP contribution is -2.37. The number of unbranched alkanes of at least 4 members (excludes halogenated alkanes) is 2. The average molecular weight is 1000 g/mol. The molecule has 4 aliphatic rings. The summed E-state index contributed by atoms with van der Waals surface area (Å²) in [5, 5.41) is 12.6. The largest absolute Gasteiger partial charge is 0.462 e. The molecule has 1 fully saturated rings. The summed E-state index contributed by atoms with van der Waals surface area (Å²) in [6.07, 6.45) is 8.71. The number of nitrogens with one attached hydrogen (secondary N) is 1. The van der Waals surface area contributed by atoms with Crippen molar-refractivity contribution < 1.29 is 62.4 Å². The second-order valence-corrected chi connectivity index (χ2v) is 18.3. The number of fused-ring (bicyclic) bond motifs is 2. The van der Waals surface area contributed by atoms with E-state index in [-0.39, 0.29) is 75.0 Å². The summed E-state index contributed by atoms with van der Waals surface area (Å²) in [6.45, 7) is 2.63. The number of carbonyl (C=O) groups is 8. The van der Waals surface area contributed by atoms with Crippen LogP contribution in [0.5, 0.6) is 0 Å². The third-order valence-electron chi connectivity index (χ3n) is 12.9. The van der Waals surface area contributed by atoms with Crippen molar-refractivity contribution in [2.45, 2.75) is 89.2 Å². The molecule has 0 saturated heterocycles. The van der Waals surface area contributed by atoms with Gasteiger partial charge in [-0.05, 0) is 67.0 Å². The number of rotatable bonds is 25. The van der Waals surface area contributed by atoms with Crippen LogP contribution < -0.4 is 11.1 Å². The number of aliphatic hydroxyl groups excluding tert-OH is 1. The van der Waals surface area contributed by atoms with Gasteiger partial charge < -0.3 is 40.0 Å². The Morgan fingerprint density at radius 1 is 0.890 bits per heavy atom. The van der Waals surface area contributed by atoms with Gasteiger partial charge in [0, 0.05) is 93.9 Å². The Labute approximate surface area is 422 Å². The van der Waals surface area contributed by atoms with Crippen LogP contribution in [-0.4, -0.2) is 143 Å². The molecular formula is C53H61N7O13. The Balaban J connectivity index is 0.865. The summed E-state index contributed by atoms with van der Waals surface area (Å²) in [6, 6.07) is 16.4. The number of hydrogen-bond donors (Lipinski definition) is 3. The van der Waals surface area contributed by atoms with Crippen LogP contribution in [-0.2, 0) is 82.1 Å². The van der Waals surface area contributed by atoms with E-state index in [4.69, 9.17) is 24.7 Å². The molecule has 1 atom stereocenters. The summed E-state index contributed by atoms with van der Waals surface area (Å²) in [7, 11) is 0. The SMILES string of the molecule is CCCN(CCO)C(=O)C1=Cc2ccc(C3(C(=O)Nc4cnc5c(c4)CN(CCOC(=O)C(Cc4ccccc4)OC(=O)COC(=O)COC(=O)CCCCCN4C(=O)C=CC4=O)CC5)CC3)cc2N=C(N)C1. The highest BCUT2D eigenvalue weighted by Gasteiger charge is 2.51. The number of amides is 4. The van der Waals surface area contributed by atoms with Gasteiger partial charge in [-0.1, -0.05) is 55.8 Å². The molecular weight excluding hydrogens is 943 g/mol. The first-order valence-corrected chi connectivity index (χ1v) is 24.6. The first-order valence-electron chi connectivity index (χ1n) is 24.6. The number of aromatic nitrogens is 1. The van der Waals surface area contributed by atoms with Crippen molar-refractivity contribution in [3.63, 3.8) is 0 Å². The van der Waals surface area contributed by atoms with Crippen LogP contribution in [0.4, 0.5) is 11.4 Å². The lowest BCUT2D eigenvalue weighted by Gasteiger charge is -2.28. The van der Waals surface area contributed by atoms with Crippen molar-refractivity contribution in [2.75, 3.05) is 64.5 Å². The predicted octanol–water partition coefficient (Wildman–Crippen LogP) is 3.39. The molecule has 386 valence electrons. The molecule has 3 aliphatic heterocycles. The third-order valence-corrected chi connectivity index (χ3v) is 12.9. The predicted molar refractivity (Wildman–Crippen MR) is 264 cm³/mol. The van der Waals surface area contributed by atoms with Gasteiger partial charge in [-0.2, -0.15) is 0 Å². The zero-order valence-electron chi connectivity index (χ0n) is 40.9. The number of benzene rings is 2. The number of ether oxygens (including phenoxy) is 4. The minimum absolute atomic E-state index is 0.00265. The van der Waals surface area contributed by atoms with E-state index in [0.717, 1.165) is 28.1 Å². The number of aliphatic imine (C=N–C) groups is 1. The van der Waals surface area contributed by atoms with Gasteiger partial charge in [0.25, 0.3) is 11.8 Å². The summed E-state index contributed by atoms with van der Waals surface area (Å²) >= 11 is 0. The van der Waals surface area contributed by atoms with Gasteiger partial charge in [0.05, 0.1) is 29.6 Å². The van der Waals surface area contributed by atoms with Gasteiger partial charge in [0.2, 0.25) is 17.9 Å². The maximum Gasteiger partial charge on any atom is 0.347 e. The molecule has 2 aromatic carbocycles. The molecule has 1 aromatic heterocycles. The van der Waals surface area contributed by atoms with E-state index in [2.05, 4.69) is 20.2 Å². The van der Waals surface area contributed by atoms with E-state index < -0.39 is 48.6 Å². The maximum atomic E-state index is 14.0. The lowest BCUT2D eigenvalue weighted by molar-refractivity contribution is -0.174. The number of imide groups is 1. The zero-order valence-corrected chi connectivity index (χ0v) is 40.9. The van der Waals surface area contributed by atoms with Gasteiger partial charge in [-0.25, -0.2) is 19.4 Å². The fourth-order valence-corrected chi connectivity index (χ4v) is 8.82. The topological polar surface area (TPSA) is 267 Å². The van der Waals surface area contributed by atoms with Crippen LogP contribution in [0.15, 0.2) is 83.5 Å². The Hall–Kier alpha value is -7.58. The van der Waals surface area contributed by atoms with Gasteiger partial charge in [0.1, 0.15) is 12.4 Å². The summed E-state index contributed by atoms with van der Waals surface area (Å²) in [4.78, 5) is 115. The maximum absolute atomic E-state index is 14.0. The monoisotopic (exact) mass is 1000 g/mol. The Bertz CT molecular complexity index is 2640. The number of nitrogens with two attached hydrogens (primary N) is 1. The minimum atomic E-state index is -1.35. The summed E-state index contributed by atoms with van der Waals surface area (Å²) < 4.78 is 20.9. The summed E-state index contributed by atoms with van der Waals surface area (Å²) in [5.74, 6) is -4.30. The number of anilines is 1. The van der Waals surface area contributed by atoms with Crippen molar-refractivity contribution in [3.8, 4) is 0 Å². The molecule has 0 radical (unpaired) electrons. The van der Waals surface area contributed by atoms with E-state index in [1.807, 2.05) is 31.2 Å². The molecule has 1 saturated carbocycles. The molecule has 0 bridgehead atoms. The van der Waals surface area contributed by atoms with Crippen LogP contribution in [0.2, 0.25) is 0 Å². The number of pyridine rings is 1. The van der Waals surface area contributed by atoms with Crippen molar-refractivity contribution in [1.29, 1.82) is 0 Å². The molecule has 1 unspecified atom stereocenters. The van der Waals surface area contributed by atoms with Crippen molar-refractivity contribution in [1.82, 2.24) is 19.7 Å². The van der Waals surface area contributed by atoms with E-state index >= 15 is 0 Å². The molecule has 1 aliphatic carbocycles. The minimum Gasteiger partial charge on any atom is -0.462 e. The Morgan fingerprint density at radius 2 is 1.64 bits per heavy atom. The van der Waals surface area contributed by atoms with Crippen molar-refractivity contribution in [2.24, 2.45) is 10.7 Å². The highest BCUT2D eigenvalue weighted by atomic mass is 16.6. The smallest absolute Gasteiger partial charge is 0.347 e. The molecule has 73 heavy (non-hydrogen) atoms. The van der Waals surface area contributed by atoms with Gasteiger partial charge in [-0.15, -0.1) is 0 Å². The molecule has 0 spiro atoms. The lowest BCUT2D eigenvalue weighted by atomic mass is 9.92. The Kier molecular flexibility index (Phi) is 18.4. The first kappa shape index (κ1) is 53.2. The van der Waals surface area contributed by atoms with E-state index in [1.54, 1.807) is 47.5 Å².